The topological polar surface area (TPSA) is 105 Å². The lowest BCUT2D eigenvalue weighted by molar-refractivity contribution is 0.0473. The maximum atomic E-state index is 13.6. The lowest BCUT2D eigenvalue weighted by atomic mass is 9.91. The molecule has 0 heterocycles. The van der Waals surface area contributed by atoms with Crippen LogP contribution in [0.3, 0.4) is 0 Å². The summed E-state index contributed by atoms with van der Waals surface area (Å²) < 4.78 is 5.68. The van der Waals surface area contributed by atoms with Crippen molar-refractivity contribution in [3.63, 3.8) is 0 Å². The van der Waals surface area contributed by atoms with E-state index in [0.717, 1.165) is 21.9 Å². The molecule has 6 heteroatoms. The van der Waals surface area contributed by atoms with Gasteiger partial charge in [-0.25, -0.2) is 4.79 Å². The normalized spacial score (nSPS) is 10.7. The van der Waals surface area contributed by atoms with Crippen molar-refractivity contribution >= 4 is 34.2 Å². The summed E-state index contributed by atoms with van der Waals surface area (Å²) in [5, 5.41) is 12.4. The van der Waals surface area contributed by atoms with Crippen molar-refractivity contribution in [2.75, 3.05) is 5.32 Å². The van der Waals surface area contributed by atoms with Gasteiger partial charge < -0.3 is 15.8 Å². The molecule has 0 atom stereocenters. The number of esters is 1. The van der Waals surface area contributed by atoms with Gasteiger partial charge in [-0.15, -0.1) is 0 Å². The Morgan fingerprint density at radius 3 is 2.13 bits per heavy atom. The number of nitrogens with two attached hydrogens (primary N) is 1. The number of carbonyl (C=O) groups excluding carboxylic acids is 2. The van der Waals surface area contributed by atoms with Gasteiger partial charge in [-0.2, -0.15) is 0 Å². The van der Waals surface area contributed by atoms with Crippen LogP contribution in [0.25, 0.3) is 21.9 Å². The fourth-order valence-corrected chi connectivity index (χ4v) is 4.45. The van der Waals surface area contributed by atoms with Crippen molar-refractivity contribution < 1.29 is 14.3 Å². The Morgan fingerprint density at radius 1 is 0.769 bits per heavy atom. The maximum absolute atomic E-state index is 13.6. The lowest BCUT2D eigenvalue weighted by Crippen LogP contribution is -2.15. The van der Waals surface area contributed by atoms with Crippen molar-refractivity contribution in [3.05, 3.63) is 137 Å². The minimum atomic E-state index is -0.461. The number of rotatable bonds is 7. The summed E-state index contributed by atoms with van der Waals surface area (Å²) >= 11 is 0. The Morgan fingerprint density at radius 2 is 1.44 bits per heavy atom. The fraction of sp³-hybridized carbons (Fsp3) is 0.0606. The Bertz CT molecular complexity index is 1690. The molecule has 5 aromatic carbocycles. The third-order valence-electron chi connectivity index (χ3n) is 6.48. The zero-order chi connectivity index (χ0) is 27.4. The molecule has 0 fully saturated rings. The van der Waals surface area contributed by atoms with Gasteiger partial charge in [0.25, 0.3) is 5.91 Å². The summed E-state index contributed by atoms with van der Waals surface area (Å²) in [6.45, 7) is 2.06. The first-order chi connectivity index (χ1) is 18.9. The summed E-state index contributed by atoms with van der Waals surface area (Å²) in [5.74, 6) is -0.830. The number of amidine groups is 1. The second-order valence-electron chi connectivity index (χ2n) is 9.30. The molecular weight excluding hydrogens is 486 g/mol. The number of nitrogens with one attached hydrogen (secondary N) is 2. The monoisotopic (exact) mass is 513 g/mol. The predicted octanol–water partition coefficient (Wildman–Crippen LogP) is 6.71. The first kappa shape index (κ1) is 25.4. The largest absolute Gasteiger partial charge is 0.457 e. The molecule has 0 aliphatic rings. The van der Waals surface area contributed by atoms with E-state index in [-0.39, 0.29) is 18.3 Å². The number of hydrogen-bond donors (Lipinski definition) is 3. The number of fused-ring (bicyclic) bond motifs is 1. The van der Waals surface area contributed by atoms with E-state index < -0.39 is 5.97 Å². The molecule has 1 amide bonds. The highest BCUT2D eigenvalue weighted by Crippen LogP contribution is 2.33. The number of nitrogen functional groups attached to an aromatic ring is 1. The fourth-order valence-electron chi connectivity index (χ4n) is 4.45. The molecular formula is C33H27N3O3. The summed E-state index contributed by atoms with van der Waals surface area (Å²) in [7, 11) is 0. The van der Waals surface area contributed by atoms with Crippen LogP contribution >= 0.6 is 0 Å². The summed E-state index contributed by atoms with van der Waals surface area (Å²) in [5.41, 5.74) is 10.5. The highest BCUT2D eigenvalue weighted by Gasteiger charge is 2.21. The minimum Gasteiger partial charge on any atom is -0.457 e. The smallest absolute Gasteiger partial charge is 0.339 e. The van der Waals surface area contributed by atoms with Gasteiger partial charge in [-0.1, -0.05) is 72.3 Å². The van der Waals surface area contributed by atoms with Crippen LogP contribution in [0.4, 0.5) is 5.69 Å². The first-order valence-electron chi connectivity index (χ1n) is 12.5. The molecule has 0 saturated carbocycles. The molecule has 0 aromatic heterocycles. The lowest BCUT2D eigenvalue weighted by Gasteiger charge is -2.16. The molecule has 0 saturated heterocycles. The van der Waals surface area contributed by atoms with E-state index in [1.165, 1.54) is 0 Å². The van der Waals surface area contributed by atoms with E-state index >= 15 is 0 Å². The number of hydrogen-bond acceptors (Lipinski definition) is 4. The standard InChI is InChI=1S/C33H27N3O3/c1-21-11-16-27(30(17-21)33(38)39-20-22-7-3-2-4-8-22)28-18-24-9-5-6-10-25(24)19-29(28)32(37)36-26-14-12-23(13-15-26)31(34)35/h2-19H,20H2,1H3,(H3,34,35)(H,36,37). The van der Waals surface area contributed by atoms with Gasteiger partial charge in [0.2, 0.25) is 0 Å². The number of aryl methyl sites for hydroxylation is 1. The Balaban J connectivity index is 1.55. The van der Waals surface area contributed by atoms with E-state index in [9.17, 15) is 9.59 Å². The van der Waals surface area contributed by atoms with Crippen LogP contribution in [0.2, 0.25) is 0 Å². The van der Waals surface area contributed by atoms with Gasteiger partial charge in [-0.3, -0.25) is 10.2 Å². The zero-order valence-corrected chi connectivity index (χ0v) is 21.4. The number of ether oxygens (including phenoxy) is 1. The van der Waals surface area contributed by atoms with Crippen molar-refractivity contribution in [1.29, 1.82) is 5.41 Å². The van der Waals surface area contributed by atoms with Gasteiger partial charge in [-0.05, 0) is 76.9 Å². The van der Waals surface area contributed by atoms with E-state index in [1.54, 1.807) is 30.3 Å². The van der Waals surface area contributed by atoms with Crippen LogP contribution in [-0.4, -0.2) is 17.7 Å². The number of amides is 1. The Kier molecular flexibility index (Phi) is 7.19. The quantitative estimate of drug-likeness (QED) is 0.128. The molecule has 0 radical (unpaired) electrons. The van der Waals surface area contributed by atoms with Gasteiger partial charge in [0.15, 0.2) is 0 Å². The van der Waals surface area contributed by atoms with Crippen molar-refractivity contribution in [1.82, 2.24) is 0 Å². The van der Waals surface area contributed by atoms with Gasteiger partial charge in [0.05, 0.1) is 5.56 Å². The molecule has 5 aromatic rings. The van der Waals surface area contributed by atoms with Gasteiger partial charge in [0, 0.05) is 16.8 Å². The van der Waals surface area contributed by atoms with E-state index in [2.05, 4.69) is 5.32 Å². The molecule has 0 unspecified atom stereocenters. The second-order valence-corrected chi connectivity index (χ2v) is 9.30. The molecule has 192 valence electrons. The Hall–Kier alpha value is -5.23. The molecule has 0 spiro atoms. The average Bonchev–Trinajstić information content (AvgIpc) is 2.96. The van der Waals surface area contributed by atoms with Crippen LogP contribution in [0, 0.1) is 12.3 Å². The Labute approximate surface area is 226 Å². The predicted molar refractivity (Wildman–Crippen MR) is 155 cm³/mol. The zero-order valence-electron chi connectivity index (χ0n) is 21.4. The maximum Gasteiger partial charge on any atom is 0.339 e. The third kappa shape index (κ3) is 5.70. The van der Waals surface area contributed by atoms with Crippen molar-refractivity contribution in [2.45, 2.75) is 13.5 Å². The molecule has 0 aliphatic heterocycles. The van der Waals surface area contributed by atoms with Gasteiger partial charge in [0.1, 0.15) is 12.4 Å². The average molecular weight is 514 g/mol. The third-order valence-corrected chi connectivity index (χ3v) is 6.48. The number of carbonyl (C=O) groups is 2. The molecule has 39 heavy (non-hydrogen) atoms. The van der Waals surface area contributed by atoms with E-state index in [0.29, 0.717) is 33.5 Å². The molecule has 0 aliphatic carbocycles. The second kappa shape index (κ2) is 11.0. The molecule has 5 rings (SSSR count). The SMILES string of the molecule is Cc1ccc(-c2cc3ccccc3cc2C(=O)Nc2ccc(C(=N)N)cc2)c(C(=O)OCc2ccccc2)c1. The van der Waals surface area contributed by atoms with Crippen molar-refractivity contribution in [2.24, 2.45) is 5.73 Å². The molecule has 4 N–H and O–H groups in total. The summed E-state index contributed by atoms with van der Waals surface area (Å²) in [6.07, 6.45) is 0. The highest BCUT2D eigenvalue weighted by molar-refractivity contribution is 6.13. The van der Waals surface area contributed by atoms with Crippen LogP contribution < -0.4 is 11.1 Å². The van der Waals surface area contributed by atoms with Crippen LogP contribution in [0.1, 0.15) is 37.4 Å². The van der Waals surface area contributed by atoms with Crippen molar-refractivity contribution in [3.8, 4) is 11.1 Å². The molecule has 0 bridgehead atoms. The summed E-state index contributed by atoms with van der Waals surface area (Å²) in [4.78, 5) is 27.0. The number of anilines is 1. The van der Waals surface area contributed by atoms with E-state index in [1.807, 2.05) is 85.8 Å². The molecule has 6 nitrogen and oxygen atoms in total. The van der Waals surface area contributed by atoms with Crippen LogP contribution in [0.5, 0.6) is 0 Å². The summed E-state index contributed by atoms with van der Waals surface area (Å²) in [6, 6.07) is 33.4. The van der Waals surface area contributed by atoms with Gasteiger partial charge >= 0.3 is 5.97 Å². The van der Waals surface area contributed by atoms with E-state index in [4.69, 9.17) is 15.9 Å². The first-order valence-corrected chi connectivity index (χ1v) is 12.5. The minimum absolute atomic E-state index is 0.0456. The van der Waals surface area contributed by atoms with Crippen LogP contribution in [0.15, 0.2) is 109 Å². The van der Waals surface area contributed by atoms with Crippen LogP contribution in [-0.2, 0) is 11.3 Å². The highest BCUT2D eigenvalue weighted by atomic mass is 16.5. The number of benzene rings is 5.